The lowest BCUT2D eigenvalue weighted by Crippen LogP contribution is -2.35. The average Bonchev–Trinajstić information content (AvgIpc) is 2.38. The standard InChI is InChI=1S/C13H16ClNO3S/c1-19(17,18)12-9-10(5-6-11(12)14)13(16)15-7-3-2-4-8-15/h5-6,9H,2-4,7-8H2,1H3. The van der Waals surface area contributed by atoms with Crippen LogP contribution in [0.25, 0.3) is 0 Å². The molecule has 0 spiro atoms. The summed E-state index contributed by atoms with van der Waals surface area (Å²) in [6.45, 7) is 1.46. The Morgan fingerprint density at radius 1 is 1.21 bits per heavy atom. The molecule has 0 atom stereocenters. The van der Waals surface area contributed by atoms with E-state index in [2.05, 4.69) is 0 Å². The first kappa shape index (κ1) is 14.3. The fraction of sp³-hybridized carbons (Fsp3) is 0.462. The zero-order valence-electron chi connectivity index (χ0n) is 10.7. The van der Waals surface area contributed by atoms with Gasteiger partial charge in [-0.1, -0.05) is 11.6 Å². The maximum absolute atomic E-state index is 12.3. The van der Waals surface area contributed by atoms with Gasteiger partial charge in [-0.2, -0.15) is 0 Å². The minimum Gasteiger partial charge on any atom is -0.339 e. The summed E-state index contributed by atoms with van der Waals surface area (Å²) in [7, 11) is -3.42. The van der Waals surface area contributed by atoms with Crippen LogP contribution in [0.5, 0.6) is 0 Å². The summed E-state index contributed by atoms with van der Waals surface area (Å²) in [5.41, 5.74) is 0.381. The lowest BCUT2D eigenvalue weighted by molar-refractivity contribution is 0.0724. The molecule has 0 saturated carbocycles. The van der Waals surface area contributed by atoms with E-state index in [4.69, 9.17) is 11.6 Å². The van der Waals surface area contributed by atoms with Gasteiger partial charge in [-0.25, -0.2) is 8.42 Å². The van der Waals surface area contributed by atoms with Crippen LogP contribution in [0, 0.1) is 0 Å². The Labute approximate surface area is 118 Å². The Hall–Kier alpha value is -1.07. The lowest BCUT2D eigenvalue weighted by Gasteiger charge is -2.26. The SMILES string of the molecule is CS(=O)(=O)c1cc(C(=O)N2CCCCC2)ccc1Cl. The van der Waals surface area contributed by atoms with E-state index < -0.39 is 9.84 Å². The van der Waals surface area contributed by atoms with Crippen molar-refractivity contribution in [2.45, 2.75) is 24.2 Å². The number of sulfone groups is 1. The van der Waals surface area contributed by atoms with Crippen molar-refractivity contribution in [2.75, 3.05) is 19.3 Å². The highest BCUT2D eigenvalue weighted by Gasteiger charge is 2.21. The third kappa shape index (κ3) is 3.28. The van der Waals surface area contributed by atoms with E-state index >= 15 is 0 Å². The molecule has 104 valence electrons. The van der Waals surface area contributed by atoms with Crippen molar-refractivity contribution in [1.82, 2.24) is 4.90 Å². The van der Waals surface area contributed by atoms with Crippen molar-refractivity contribution in [3.8, 4) is 0 Å². The number of carbonyl (C=O) groups excluding carboxylic acids is 1. The molecule has 1 saturated heterocycles. The van der Waals surface area contributed by atoms with Gasteiger partial charge in [0.25, 0.3) is 5.91 Å². The van der Waals surface area contributed by atoms with Gasteiger partial charge in [0, 0.05) is 24.9 Å². The van der Waals surface area contributed by atoms with Gasteiger partial charge in [0.1, 0.15) is 0 Å². The Balaban J connectivity index is 2.33. The number of halogens is 1. The van der Waals surface area contributed by atoms with Gasteiger partial charge in [-0.15, -0.1) is 0 Å². The number of benzene rings is 1. The fourth-order valence-electron chi connectivity index (χ4n) is 2.20. The van der Waals surface area contributed by atoms with Gasteiger partial charge < -0.3 is 4.90 Å². The van der Waals surface area contributed by atoms with Gasteiger partial charge in [0.15, 0.2) is 9.84 Å². The van der Waals surface area contributed by atoms with Crippen molar-refractivity contribution < 1.29 is 13.2 Å². The highest BCUT2D eigenvalue weighted by Crippen LogP contribution is 2.24. The molecule has 0 unspecified atom stereocenters. The predicted octanol–water partition coefficient (Wildman–Crippen LogP) is 2.37. The smallest absolute Gasteiger partial charge is 0.253 e. The second-order valence-electron chi connectivity index (χ2n) is 4.77. The van der Waals surface area contributed by atoms with E-state index in [0.717, 1.165) is 38.6 Å². The van der Waals surface area contributed by atoms with Gasteiger partial charge in [-0.3, -0.25) is 4.79 Å². The second-order valence-corrected chi connectivity index (χ2v) is 7.16. The zero-order valence-corrected chi connectivity index (χ0v) is 12.3. The monoisotopic (exact) mass is 301 g/mol. The van der Waals surface area contributed by atoms with Crippen LogP contribution in [0.3, 0.4) is 0 Å². The quantitative estimate of drug-likeness (QED) is 0.842. The van der Waals surface area contributed by atoms with Crippen molar-refractivity contribution in [2.24, 2.45) is 0 Å². The van der Waals surface area contributed by atoms with Crippen LogP contribution >= 0.6 is 11.6 Å². The first-order valence-corrected chi connectivity index (χ1v) is 8.45. The Bertz CT molecular complexity index is 592. The third-order valence-electron chi connectivity index (χ3n) is 3.22. The summed E-state index contributed by atoms with van der Waals surface area (Å²) >= 11 is 5.87. The van der Waals surface area contributed by atoms with Crippen LogP contribution in [0.2, 0.25) is 5.02 Å². The molecule has 1 aliphatic rings. The average molecular weight is 302 g/mol. The maximum Gasteiger partial charge on any atom is 0.253 e. The highest BCUT2D eigenvalue weighted by atomic mass is 35.5. The molecule has 0 aromatic heterocycles. The van der Waals surface area contributed by atoms with E-state index in [-0.39, 0.29) is 15.8 Å². The normalized spacial score (nSPS) is 16.4. The molecule has 1 heterocycles. The third-order valence-corrected chi connectivity index (χ3v) is 4.80. The molecule has 0 bridgehead atoms. The summed E-state index contributed by atoms with van der Waals surface area (Å²) in [6, 6.07) is 4.41. The summed E-state index contributed by atoms with van der Waals surface area (Å²) in [5.74, 6) is -0.124. The van der Waals surface area contributed by atoms with Crippen LogP contribution in [-0.2, 0) is 9.84 Å². The number of nitrogens with zero attached hydrogens (tertiary/aromatic N) is 1. The number of likely N-dealkylation sites (tertiary alicyclic amines) is 1. The van der Waals surface area contributed by atoms with Crippen molar-refractivity contribution in [3.63, 3.8) is 0 Å². The number of hydrogen-bond acceptors (Lipinski definition) is 3. The fourth-order valence-corrected chi connectivity index (χ4v) is 3.50. The Morgan fingerprint density at radius 2 is 1.84 bits per heavy atom. The second kappa shape index (κ2) is 5.51. The molecule has 0 radical (unpaired) electrons. The predicted molar refractivity (Wildman–Crippen MR) is 74.3 cm³/mol. The van der Waals surface area contributed by atoms with Crippen LogP contribution in [-0.4, -0.2) is 38.6 Å². The molecule has 0 N–H and O–H groups in total. The topological polar surface area (TPSA) is 54.5 Å². The van der Waals surface area contributed by atoms with Gasteiger partial charge in [0.2, 0.25) is 0 Å². The van der Waals surface area contributed by atoms with Gasteiger partial charge in [-0.05, 0) is 37.5 Å². The van der Waals surface area contributed by atoms with Crippen molar-refractivity contribution >= 4 is 27.3 Å². The summed E-state index contributed by atoms with van der Waals surface area (Å²) in [4.78, 5) is 14.1. The van der Waals surface area contributed by atoms with Crippen molar-refractivity contribution in [1.29, 1.82) is 0 Å². The zero-order chi connectivity index (χ0) is 14.0. The number of amides is 1. The first-order valence-electron chi connectivity index (χ1n) is 6.18. The number of hydrogen-bond donors (Lipinski definition) is 0. The molecule has 1 aromatic carbocycles. The number of rotatable bonds is 2. The molecule has 1 aliphatic heterocycles. The van der Waals surface area contributed by atoms with E-state index in [1.54, 1.807) is 11.0 Å². The van der Waals surface area contributed by atoms with Crippen LogP contribution in [0.4, 0.5) is 0 Å². The van der Waals surface area contributed by atoms with Crippen molar-refractivity contribution in [3.05, 3.63) is 28.8 Å². The molecule has 19 heavy (non-hydrogen) atoms. The van der Waals surface area contributed by atoms with Gasteiger partial charge >= 0.3 is 0 Å². The van der Waals surface area contributed by atoms with E-state index in [9.17, 15) is 13.2 Å². The van der Waals surface area contributed by atoms with Crippen LogP contribution < -0.4 is 0 Å². The molecule has 4 nitrogen and oxygen atoms in total. The Morgan fingerprint density at radius 3 is 2.42 bits per heavy atom. The molecular formula is C13H16ClNO3S. The molecule has 6 heteroatoms. The van der Waals surface area contributed by atoms with Crippen LogP contribution in [0.15, 0.2) is 23.1 Å². The minimum absolute atomic E-state index is 0.0111. The first-order chi connectivity index (χ1) is 8.89. The van der Waals surface area contributed by atoms with Gasteiger partial charge in [0.05, 0.1) is 9.92 Å². The Kier molecular flexibility index (Phi) is 4.16. The summed E-state index contributed by atoms with van der Waals surface area (Å²) in [5, 5.41) is 0.151. The van der Waals surface area contributed by atoms with E-state index in [1.165, 1.54) is 12.1 Å². The number of carbonyl (C=O) groups is 1. The molecule has 1 amide bonds. The molecule has 1 aromatic rings. The number of piperidine rings is 1. The molecule has 1 fully saturated rings. The summed E-state index contributed by atoms with van der Waals surface area (Å²) < 4.78 is 23.2. The molecule has 2 rings (SSSR count). The van der Waals surface area contributed by atoms with Crippen LogP contribution in [0.1, 0.15) is 29.6 Å². The molecule has 0 aliphatic carbocycles. The lowest BCUT2D eigenvalue weighted by atomic mass is 10.1. The maximum atomic E-state index is 12.3. The summed E-state index contributed by atoms with van der Waals surface area (Å²) in [6.07, 6.45) is 4.22. The van der Waals surface area contributed by atoms with E-state index in [0.29, 0.717) is 5.56 Å². The molecular weight excluding hydrogens is 286 g/mol. The van der Waals surface area contributed by atoms with E-state index in [1.807, 2.05) is 0 Å². The largest absolute Gasteiger partial charge is 0.339 e. The minimum atomic E-state index is -3.42. The highest BCUT2D eigenvalue weighted by molar-refractivity contribution is 7.90.